The van der Waals surface area contributed by atoms with Crippen molar-refractivity contribution in [1.29, 1.82) is 0 Å². The van der Waals surface area contributed by atoms with Gasteiger partial charge in [0.05, 0.1) is 11.0 Å². The maximum Gasteiger partial charge on any atom is 0.249 e. The Labute approximate surface area is 245 Å². The third-order valence-electron chi connectivity index (χ3n) is 8.57. The van der Waals surface area contributed by atoms with Crippen molar-refractivity contribution in [2.24, 2.45) is 0 Å². The minimum atomic E-state index is -0.218. The molecule has 2 aromatic rings. The number of para-hydroxylation sites is 2. The lowest BCUT2D eigenvalue weighted by molar-refractivity contribution is -0.130. The van der Waals surface area contributed by atoms with Crippen molar-refractivity contribution in [1.82, 2.24) is 14.9 Å². The Morgan fingerprint density at radius 2 is 1.43 bits per heavy atom. The lowest BCUT2D eigenvalue weighted by atomic mass is 10.0. The van der Waals surface area contributed by atoms with Crippen LogP contribution in [0.1, 0.15) is 148 Å². The number of nitrogens with zero attached hydrogens (tertiary/aromatic N) is 2. The molecule has 1 N–H and O–H groups in total. The van der Waals surface area contributed by atoms with E-state index in [0.717, 1.165) is 63.7 Å². The average molecular weight is 554 g/mol. The number of nitrogens with one attached hydrogen (secondary N) is 1. The van der Waals surface area contributed by atoms with E-state index >= 15 is 0 Å². The molecule has 1 aliphatic heterocycles. The van der Waals surface area contributed by atoms with Crippen molar-refractivity contribution >= 4 is 16.9 Å². The number of benzene rings is 1. The normalized spacial score (nSPS) is 15.3. The number of aromatic nitrogens is 2. The average Bonchev–Trinajstić information content (AvgIpc) is 3.63. The number of aryl methyl sites for hydroxylation is 2. The van der Waals surface area contributed by atoms with E-state index in [1.165, 1.54) is 114 Å². The molecule has 1 unspecified atom stereocenters. The Hall–Kier alpha value is -1.88. The fraction of sp³-hybridized carbons (Fsp3) is 0.771. The number of rotatable bonds is 24. The first-order valence-corrected chi connectivity index (χ1v) is 17.1. The molecule has 1 aromatic carbocycles. The van der Waals surface area contributed by atoms with E-state index in [0.29, 0.717) is 0 Å². The summed E-state index contributed by atoms with van der Waals surface area (Å²) in [5, 5.41) is 3.04. The van der Waals surface area contributed by atoms with Crippen molar-refractivity contribution in [3.8, 4) is 0 Å². The standard InChI is InChI=1S/C35H59N3O2/c1-2-3-4-5-6-7-8-9-10-11-12-13-14-15-16-22-29-38-32-25-20-19-24-31(32)37-34(38)27-18-17-21-28-36-35(39)33-26-23-30-40-33/h19-20,24-25,33H,2-18,21-23,26-30H2,1H3,(H,36,39). The summed E-state index contributed by atoms with van der Waals surface area (Å²) in [4.78, 5) is 17.1. The predicted octanol–water partition coefficient (Wildman–Crippen LogP) is 9.31. The Balaban J connectivity index is 1.22. The summed E-state index contributed by atoms with van der Waals surface area (Å²) >= 11 is 0. The highest BCUT2D eigenvalue weighted by atomic mass is 16.5. The number of amides is 1. The zero-order valence-corrected chi connectivity index (χ0v) is 25.8. The van der Waals surface area contributed by atoms with Crippen molar-refractivity contribution < 1.29 is 9.53 Å². The highest BCUT2D eigenvalue weighted by Crippen LogP contribution is 2.20. The van der Waals surface area contributed by atoms with Gasteiger partial charge < -0.3 is 14.6 Å². The van der Waals surface area contributed by atoms with Crippen LogP contribution in [0.3, 0.4) is 0 Å². The minimum Gasteiger partial charge on any atom is -0.368 e. The van der Waals surface area contributed by atoms with Crippen LogP contribution in [0.5, 0.6) is 0 Å². The Morgan fingerprint density at radius 1 is 0.825 bits per heavy atom. The largest absolute Gasteiger partial charge is 0.368 e. The van der Waals surface area contributed by atoms with Gasteiger partial charge in [0.1, 0.15) is 11.9 Å². The molecule has 2 heterocycles. The van der Waals surface area contributed by atoms with Gasteiger partial charge in [-0.05, 0) is 44.2 Å². The number of fused-ring (bicyclic) bond motifs is 1. The number of carbonyl (C=O) groups excluding carboxylic acids is 1. The Kier molecular flexibility index (Phi) is 17.1. The Morgan fingerprint density at radius 3 is 2.05 bits per heavy atom. The van der Waals surface area contributed by atoms with E-state index in [1.54, 1.807) is 0 Å². The quantitative estimate of drug-likeness (QED) is 0.132. The minimum absolute atomic E-state index is 0.0677. The van der Waals surface area contributed by atoms with Gasteiger partial charge in [0.2, 0.25) is 5.91 Å². The molecular weight excluding hydrogens is 494 g/mol. The zero-order valence-electron chi connectivity index (χ0n) is 25.8. The highest BCUT2D eigenvalue weighted by Gasteiger charge is 2.22. The topological polar surface area (TPSA) is 56.2 Å². The number of imidazole rings is 1. The second kappa shape index (κ2) is 20.9. The van der Waals surface area contributed by atoms with Crippen molar-refractivity contribution in [2.75, 3.05) is 13.2 Å². The summed E-state index contributed by atoms with van der Waals surface area (Å²) in [6, 6.07) is 8.59. The van der Waals surface area contributed by atoms with E-state index in [1.807, 2.05) is 0 Å². The summed E-state index contributed by atoms with van der Waals surface area (Å²) in [6.45, 7) is 4.83. The summed E-state index contributed by atoms with van der Waals surface area (Å²) in [7, 11) is 0. The van der Waals surface area contributed by atoms with Crippen molar-refractivity contribution in [3.63, 3.8) is 0 Å². The molecule has 0 saturated carbocycles. The second-order valence-corrected chi connectivity index (χ2v) is 12.1. The number of hydrogen-bond acceptors (Lipinski definition) is 3. The molecule has 1 fully saturated rings. The fourth-order valence-corrected chi connectivity index (χ4v) is 6.08. The molecule has 1 aliphatic rings. The van der Waals surface area contributed by atoms with Crippen molar-refractivity contribution in [2.45, 2.75) is 161 Å². The van der Waals surface area contributed by atoms with Gasteiger partial charge >= 0.3 is 0 Å². The fourth-order valence-electron chi connectivity index (χ4n) is 6.08. The van der Waals surface area contributed by atoms with Gasteiger partial charge in [-0.15, -0.1) is 0 Å². The lowest BCUT2D eigenvalue weighted by Gasteiger charge is -2.11. The molecule has 226 valence electrons. The second-order valence-electron chi connectivity index (χ2n) is 12.1. The SMILES string of the molecule is CCCCCCCCCCCCCCCCCCn1c(CCCCCNC(=O)C2CCCO2)nc2ccccc21. The molecule has 5 heteroatoms. The zero-order chi connectivity index (χ0) is 28.1. The maximum absolute atomic E-state index is 12.1. The van der Waals surface area contributed by atoms with Crippen LogP contribution in [-0.4, -0.2) is 34.7 Å². The molecule has 3 rings (SSSR count). The maximum atomic E-state index is 12.1. The Bertz CT molecular complexity index is 918. The number of unbranched alkanes of at least 4 members (excludes halogenated alkanes) is 17. The molecule has 1 saturated heterocycles. The molecule has 40 heavy (non-hydrogen) atoms. The van der Waals surface area contributed by atoms with Crippen LogP contribution < -0.4 is 5.32 Å². The summed E-state index contributed by atoms with van der Waals surface area (Å²) < 4.78 is 7.94. The van der Waals surface area contributed by atoms with Crippen LogP contribution in [0.4, 0.5) is 0 Å². The van der Waals surface area contributed by atoms with Gasteiger partial charge in [-0.2, -0.15) is 0 Å². The van der Waals surface area contributed by atoms with Crippen LogP contribution in [0.2, 0.25) is 0 Å². The molecule has 1 aromatic heterocycles. The predicted molar refractivity (Wildman–Crippen MR) is 169 cm³/mol. The van der Waals surface area contributed by atoms with Crippen LogP contribution >= 0.6 is 0 Å². The first-order valence-electron chi connectivity index (χ1n) is 17.1. The van der Waals surface area contributed by atoms with Crippen LogP contribution in [-0.2, 0) is 22.5 Å². The first-order chi connectivity index (χ1) is 19.8. The lowest BCUT2D eigenvalue weighted by Crippen LogP contribution is -2.34. The molecule has 5 nitrogen and oxygen atoms in total. The molecule has 0 bridgehead atoms. The van der Waals surface area contributed by atoms with Gasteiger partial charge in [0, 0.05) is 26.1 Å². The van der Waals surface area contributed by atoms with E-state index in [-0.39, 0.29) is 12.0 Å². The van der Waals surface area contributed by atoms with E-state index < -0.39 is 0 Å². The third-order valence-corrected chi connectivity index (χ3v) is 8.57. The first kappa shape index (κ1) is 32.6. The van der Waals surface area contributed by atoms with Crippen molar-refractivity contribution in [3.05, 3.63) is 30.1 Å². The summed E-state index contributed by atoms with van der Waals surface area (Å²) in [5.41, 5.74) is 2.40. The molecular formula is C35H59N3O2. The van der Waals surface area contributed by atoms with Gasteiger partial charge in [0.15, 0.2) is 0 Å². The number of hydrogen-bond donors (Lipinski definition) is 1. The molecule has 0 spiro atoms. The number of carbonyl (C=O) groups is 1. The van der Waals surface area contributed by atoms with E-state index in [2.05, 4.69) is 41.1 Å². The molecule has 0 radical (unpaired) electrons. The van der Waals surface area contributed by atoms with Gasteiger partial charge in [-0.3, -0.25) is 4.79 Å². The van der Waals surface area contributed by atoms with E-state index in [9.17, 15) is 4.79 Å². The van der Waals surface area contributed by atoms with Crippen LogP contribution in [0.15, 0.2) is 24.3 Å². The highest BCUT2D eigenvalue weighted by molar-refractivity contribution is 5.80. The number of ether oxygens (including phenoxy) is 1. The summed E-state index contributed by atoms with van der Waals surface area (Å²) in [5.74, 6) is 1.30. The van der Waals surface area contributed by atoms with Crippen LogP contribution in [0.25, 0.3) is 11.0 Å². The molecule has 0 aliphatic carbocycles. The van der Waals surface area contributed by atoms with Gasteiger partial charge in [-0.1, -0.05) is 122 Å². The monoisotopic (exact) mass is 553 g/mol. The molecule has 1 amide bonds. The van der Waals surface area contributed by atoms with Gasteiger partial charge in [-0.25, -0.2) is 4.98 Å². The van der Waals surface area contributed by atoms with Gasteiger partial charge in [0.25, 0.3) is 0 Å². The van der Waals surface area contributed by atoms with Crippen LogP contribution in [0, 0.1) is 0 Å². The molecule has 1 atom stereocenters. The smallest absolute Gasteiger partial charge is 0.249 e. The third kappa shape index (κ3) is 12.7. The van der Waals surface area contributed by atoms with E-state index in [4.69, 9.17) is 9.72 Å². The summed E-state index contributed by atoms with van der Waals surface area (Å²) in [6.07, 6.45) is 28.3.